The van der Waals surface area contributed by atoms with Crippen molar-refractivity contribution in [2.45, 2.75) is 24.5 Å². The standard InChI is InChI=1S/C23H23N5O3S/c1-15(28-18-9-5-6-10-19(18)31-13-20(28)29)22-24-25-23(26(22)2)32-14-21(30)27-12-11-16-7-3-4-8-17(16)27/h3-10,15H,11-14H2,1-2H3/t15-/m0/s1. The molecule has 5 rings (SSSR count). The number of hydrogen-bond donors (Lipinski definition) is 0. The fourth-order valence-corrected chi connectivity index (χ4v) is 5.07. The molecule has 2 aliphatic heterocycles. The van der Waals surface area contributed by atoms with E-state index < -0.39 is 0 Å². The first-order valence-corrected chi connectivity index (χ1v) is 11.5. The van der Waals surface area contributed by atoms with E-state index in [1.54, 1.807) is 4.90 Å². The van der Waals surface area contributed by atoms with Crippen molar-refractivity contribution in [2.75, 3.05) is 28.7 Å². The number of amides is 2. The van der Waals surface area contributed by atoms with Gasteiger partial charge in [0.05, 0.1) is 17.5 Å². The highest BCUT2D eigenvalue weighted by atomic mass is 32.2. The van der Waals surface area contributed by atoms with Crippen molar-refractivity contribution < 1.29 is 14.3 Å². The van der Waals surface area contributed by atoms with Crippen LogP contribution >= 0.6 is 11.8 Å². The summed E-state index contributed by atoms with van der Waals surface area (Å²) in [6.07, 6.45) is 0.882. The number of fused-ring (bicyclic) bond motifs is 2. The van der Waals surface area contributed by atoms with Gasteiger partial charge in [0.15, 0.2) is 17.6 Å². The highest BCUT2D eigenvalue weighted by Crippen LogP contribution is 2.37. The van der Waals surface area contributed by atoms with Gasteiger partial charge in [-0.25, -0.2) is 0 Å². The fourth-order valence-electron chi connectivity index (χ4n) is 4.28. The molecule has 164 valence electrons. The van der Waals surface area contributed by atoms with Gasteiger partial charge in [0, 0.05) is 19.3 Å². The highest BCUT2D eigenvalue weighted by Gasteiger charge is 2.33. The maximum absolute atomic E-state index is 12.8. The minimum absolute atomic E-state index is 0.00732. The molecule has 2 amide bonds. The molecule has 0 bridgehead atoms. The molecule has 0 aliphatic carbocycles. The molecule has 0 saturated heterocycles. The smallest absolute Gasteiger partial charge is 0.265 e. The van der Waals surface area contributed by atoms with E-state index in [0.29, 0.717) is 23.3 Å². The molecule has 0 N–H and O–H groups in total. The number of anilines is 2. The molecule has 1 aromatic heterocycles. The highest BCUT2D eigenvalue weighted by molar-refractivity contribution is 7.99. The van der Waals surface area contributed by atoms with E-state index in [9.17, 15) is 9.59 Å². The molecule has 3 heterocycles. The second-order valence-corrected chi connectivity index (χ2v) is 8.75. The van der Waals surface area contributed by atoms with Crippen LogP contribution in [0.15, 0.2) is 53.7 Å². The predicted molar refractivity (Wildman–Crippen MR) is 122 cm³/mol. The second kappa shape index (κ2) is 8.31. The number of nitrogens with zero attached hydrogens (tertiary/aromatic N) is 5. The molecule has 2 aliphatic rings. The van der Waals surface area contributed by atoms with Gasteiger partial charge >= 0.3 is 0 Å². The van der Waals surface area contributed by atoms with Crippen LogP contribution in [0, 0.1) is 0 Å². The number of benzene rings is 2. The number of rotatable bonds is 5. The van der Waals surface area contributed by atoms with E-state index in [0.717, 1.165) is 17.8 Å². The topological polar surface area (TPSA) is 80.6 Å². The Kier molecular flexibility index (Phi) is 5.34. The van der Waals surface area contributed by atoms with E-state index in [1.807, 2.05) is 65.9 Å². The number of ether oxygens (including phenoxy) is 1. The fraction of sp³-hybridized carbons (Fsp3) is 0.304. The Hall–Kier alpha value is -3.33. The van der Waals surface area contributed by atoms with Crippen LogP contribution in [0.1, 0.15) is 24.4 Å². The molecule has 0 radical (unpaired) electrons. The first kappa shape index (κ1) is 20.6. The molecule has 0 unspecified atom stereocenters. The van der Waals surface area contributed by atoms with Crippen LogP contribution in [0.25, 0.3) is 0 Å². The molecule has 1 atom stereocenters. The maximum atomic E-state index is 12.8. The lowest BCUT2D eigenvalue weighted by Crippen LogP contribution is -2.41. The van der Waals surface area contributed by atoms with Crippen molar-refractivity contribution in [1.29, 1.82) is 0 Å². The summed E-state index contributed by atoms with van der Waals surface area (Å²) in [5.74, 6) is 1.52. The minimum Gasteiger partial charge on any atom is -0.482 e. The van der Waals surface area contributed by atoms with E-state index in [4.69, 9.17) is 4.74 Å². The first-order chi connectivity index (χ1) is 15.5. The molecule has 0 spiro atoms. The Morgan fingerprint density at radius 2 is 1.88 bits per heavy atom. The number of aromatic nitrogens is 3. The van der Waals surface area contributed by atoms with Gasteiger partial charge in [-0.2, -0.15) is 0 Å². The normalized spacial score (nSPS) is 15.9. The van der Waals surface area contributed by atoms with Crippen LogP contribution in [0.4, 0.5) is 11.4 Å². The molecule has 2 aromatic carbocycles. The number of carbonyl (C=O) groups is 2. The summed E-state index contributed by atoms with van der Waals surface area (Å²) < 4.78 is 7.40. The minimum atomic E-state index is -0.333. The zero-order valence-electron chi connectivity index (χ0n) is 17.9. The third kappa shape index (κ3) is 3.52. The van der Waals surface area contributed by atoms with Gasteiger partial charge in [-0.3, -0.25) is 14.5 Å². The zero-order chi connectivity index (χ0) is 22.2. The second-order valence-electron chi connectivity index (χ2n) is 7.81. The van der Waals surface area contributed by atoms with E-state index in [1.165, 1.54) is 17.3 Å². The van der Waals surface area contributed by atoms with Crippen LogP contribution in [-0.4, -0.2) is 45.5 Å². The first-order valence-electron chi connectivity index (χ1n) is 10.5. The van der Waals surface area contributed by atoms with E-state index in [2.05, 4.69) is 16.3 Å². The number of hydrogen-bond acceptors (Lipinski definition) is 6. The van der Waals surface area contributed by atoms with Gasteiger partial charge in [-0.1, -0.05) is 42.1 Å². The van der Waals surface area contributed by atoms with Gasteiger partial charge in [0.1, 0.15) is 5.75 Å². The number of para-hydroxylation sites is 3. The molecular formula is C23H23N5O3S. The lowest BCUT2D eigenvalue weighted by atomic mass is 10.1. The van der Waals surface area contributed by atoms with Crippen molar-refractivity contribution in [3.8, 4) is 5.75 Å². The lowest BCUT2D eigenvalue weighted by Gasteiger charge is -2.33. The monoisotopic (exact) mass is 449 g/mol. The van der Waals surface area contributed by atoms with Gasteiger partial charge in [-0.05, 0) is 37.1 Å². The quantitative estimate of drug-likeness (QED) is 0.557. The van der Waals surface area contributed by atoms with Crippen molar-refractivity contribution in [3.63, 3.8) is 0 Å². The predicted octanol–water partition coefficient (Wildman–Crippen LogP) is 2.98. The largest absolute Gasteiger partial charge is 0.482 e. The average Bonchev–Trinajstić information content (AvgIpc) is 3.40. The van der Waals surface area contributed by atoms with Gasteiger partial charge in [0.25, 0.3) is 5.91 Å². The van der Waals surface area contributed by atoms with Crippen molar-refractivity contribution >= 4 is 35.0 Å². The van der Waals surface area contributed by atoms with Gasteiger partial charge in [-0.15, -0.1) is 10.2 Å². The lowest BCUT2D eigenvalue weighted by molar-refractivity contribution is -0.121. The van der Waals surface area contributed by atoms with Crippen LogP contribution in [0.2, 0.25) is 0 Å². The van der Waals surface area contributed by atoms with Gasteiger partial charge < -0.3 is 14.2 Å². The Bertz CT molecular complexity index is 1190. The van der Waals surface area contributed by atoms with Crippen LogP contribution in [0.5, 0.6) is 5.75 Å². The van der Waals surface area contributed by atoms with Crippen molar-refractivity contribution in [2.24, 2.45) is 7.05 Å². The van der Waals surface area contributed by atoms with Crippen LogP contribution < -0.4 is 14.5 Å². The Labute approximate surface area is 190 Å². The van der Waals surface area contributed by atoms with Crippen molar-refractivity contribution in [1.82, 2.24) is 14.8 Å². The Morgan fingerprint density at radius 3 is 2.72 bits per heavy atom. The molecule has 8 nitrogen and oxygen atoms in total. The summed E-state index contributed by atoms with van der Waals surface area (Å²) in [6.45, 7) is 2.62. The molecule has 0 fully saturated rings. The Balaban J connectivity index is 1.31. The summed E-state index contributed by atoms with van der Waals surface area (Å²) in [6, 6.07) is 15.1. The third-order valence-electron chi connectivity index (χ3n) is 5.89. The molecule has 3 aromatic rings. The molecule has 32 heavy (non-hydrogen) atoms. The molecule has 9 heteroatoms. The summed E-state index contributed by atoms with van der Waals surface area (Å²) in [7, 11) is 1.86. The summed E-state index contributed by atoms with van der Waals surface area (Å²) in [4.78, 5) is 29.0. The number of thioether (sulfide) groups is 1. The van der Waals surface area contributed by atoms with E-state index in [-0.39, 0.29) is 30.2 Å². The number of carbonyl (C=O) groups excluding carboxylic acids is 2. The summed E-state index contributed by atoms with van der Waals surface area (Å²) in [5.41, 5.74) is 2.92. The van der Waals surface area contributed by atoms with Crippen molar-refractivity contribution in [3.05, 3.63) is 59.9 Å². The van der Waals surface area contributed by atoms with E-state index >= 15 is 0 Å². The van der Waals surface area contributed by atoms with Crippen LogP contribution in [-0.2, 0) is 23.1 Å². The van der Waals surface area contributed by atoms with Crippen LogP contribution in [0.3, 0.4) is 0 Å². The summed E-state index contributed by atoms with van der Waals surface area (Å²) >= 11 is 1.36. The maximum Gasteiger partial charge on any atom is 0.265 e. The molecule has 0 saturated carbocycles. The zero-order valence-corrected chi connectivity index (χ0v) is 18.7. The SMILES string of the molecule is C[C@@H](c1nnc(SCC(=O)N2CCc3ccccc32)n1C)N1C(=O)COc2ccccc21. The third-order valence-corrected chi connectivity index (χ3v) is 6.89. The summed E-state index contributed by atoms with van der Waals surface area (Å²) in [5, 5.41) is 9.27. The average molecular weight is 450 g/mol. The Morgan fingerprint density at radius 1 is 1.12 bits per heavy atom. The molecular weight excluding hydrogens is 426 g/mol. The van der Waals surface area contributed by atoms with Gasteiger partial charge in [0.2, 0.25) is 5.91 Å².